The van der Waals surface area contributed by atoms with Gasteiger partial charge in [0.1, 0.15) is 11.9 Å². The van der Waals surface area contributed by atoms with Gasteiger partial charge in [-0.3, -0.25) is 0 Å². The average molecular weight is 347 g/mol. The first kappa shape index (κ1) is 17.5. The maximum atomic E-state index is 13.3. The Labute approximate surface area is 151 Å². The monoisotopic (exact) mass is 347 g/mol. The summed E-state index contributed by atoms with van der Waals surface area (Å²) in [7, 11) is 0. The molecule has 6 heteroatoms. The molecule has 3 aromatic rings. The molecule has 2 aromatic carbocycles. The molecule has 0 spiro atoms. The van der Waals surface area contributed by atoms with Gasteiger partial charge < -0.3 is 11.1 Å². The van der Waals surface area contributed by atoms with E-state index in [4.69, 9.17) is 5.73 Å². The second-order valence-electron chi connectivity index (χ2n) is 6.50. The first-order valence-corrected chi connectivity index (χ1v) is 8.06. The molecule has 130 valence electrons. The summed E-state index contributed by atoms with van der Waals surface area (Å²) in [4.78, 5) is 8.56. The first-order valence-electron chi connectivity index (χ1n) is 8.06. The van der Waals surface area contributed by atoms with E-state index in [2.05, 4.69) is 21.4 Å². The number of nitrogens with zero attached hydrogens (tertiary/aromatic N) is 3. The zero-order chi connectivity index (χ0) is 18.7. The lowest BCUT2D eigenvalue weighted by atomic mass is 9.94. The Balaban J connectivity index is 1.97. The van der Waals surface area contributed by atoms with E-state index in [0.29, 0.717) is 16.9 Å². The van der Waals surface area contributed by atoms with Crippen LogP contribution in [0.15, 0.2) is 54.7 Å². The van der Waals surface area contributed by atoms with Crippen LogP contribution in [0, 0.1) is 17.1 Å². The molecule has 1 aromatic heterocycles. The van der Waals surface area contributed by atoms with Crippen molar-refractivity contribution in [3.8, 4) is 17.3 Å². The Kier molecular flexibility index (Phi) is 4.65. The highest BCUT2D eigenvalue weighted by atomic mass is 19.1. The summed E-state index contributed by atoms with van der Waals surface area (Å²) in [5.74, 6) is -0.0725. The van der Waals surface area contributed by atoms with Crippen LogP contribution in [-0.2, 0) is 5.54 Å². The van der Waals surface area contributed by atoms with Crippen LogP contribution in [-0.4, -0.2) is 9.97 Å². The summed E-state index contributed by atoms with van der Waals surface area (Å²) < 4.78 is 13.3. The molecule has 0 bridgehead atoms. The molecule has 5 nitrogen and oxygen atoms in total. The van der Waals surface area contributed by atoms with Gasteiger partial charge in [-0.1, -0.05) is 30.3 Å². The van der Waals surface area contributed by atoms with Crippen LogP contribution >= 0.6 is 0 Å². The van der Waals surface area contributed by atoms with Crippen molar-refractivity contribution >= 4 is 11.6 Å². The van der Waals surface area contributed by atoms with Crippen LogP contribution in [0.5, 0.6) is 0 Å². The normalized spacial score (nSPS) is 11.0. The zero-order valence-corrected chi connectivity index (χ0v) is 14.5. The minimum absolute atomic E-state index is 0.285. The van der Waals surface area contributed by atoms with Crippen LogP contribution in [0.1, 0.15) is 25.0 Å². The number of rotatable bonds is 4. The van der Waals surface area contributed by atoms with Gasteiger partial charge in [0.2, 0.25) is 5.95 Å². The number of benzene rings is 2. The Bertz CT molecular complexity index is 969. The highest BCUT2D eigenvalue weighted by Gasteiger charge is 2.15. The van der Waals surface area contributed by atoms with Gasteiger partial charge in [-0.25, -0.2) is 14.4 Å². The van der Waals surface area contributed by atoms with Gasteiger partial charge in [-0.05, 0) is 37.6 Å². The number of aromatic nitrogens is 2. The molecular formula is C20H18FN5. The molecule has 0 aliphatic carbocycles. The van der Waals surface area contributed by atoms with E-state index in [0.717, 1.165) is 11.1 Å². The molecule has 0 fully saturated rings. The zero-order valence-electron chi connectivity index (χ0n) is 14.5. The number of hydrogen-bond donors (Lipinski definition) is 2. The minimum atomic E-state index is -0.452. The molecule has 0 aliphatic rings. The second-order valence-corrected chi connectivity index (χ2v) is 6.50. The summed E-state index contributed by atoms with van der Waals surface area (Å²) in [6.45, 7) is 3.85. The van der Waals surface area contributed by atoms with Crippen molar-refractivity contribution in [2.75, 3.05) is 5.32 Å². The van der Waals surface area contributed by atoms with Crippen LogP contribution in [0.3, 0.4) is 0 Å². The Morgan fingerprint density at radius 3 is 2.50 bits per heavy atom. The largest absolute Gasteiger partial charge is 0.324 e. The molecule has 0 amide bonds. The van der Waals surface area contributed by atoms with Crippen molar-refractivity contribution < 1.29 is 4.39 Å². The molecule has 26 heavy (non-hydrogen) atoms. The van der Waals surface area contributed by atoms with Crippen molar-refractivity contribution in [3.05, 3.63) is 71.7 Å². The first-order chi connectivity index (χ1) is 12.4. The molecule has 0 aliphatic heterocycles. The van der Waals surface area contributed by atoms with Gasteiger partial charge >= 0.3 is 0 Å². The van der Waals surface area contributed by atoms with Crippen molar-refractivity contribution in [2.24, 2.45) is 5.73 Å². The smallest absolute Gasteiger partial charge is 0.227 e. The lowest BCUT2D eigenvalue weighted by Crippen LogP contribution is -2.28. The third-order valence-corrected chi connectivity index (χ3v) is 3.89. The molecule has 0 saturated heterocycles. The van der Waals surface area contributed by atoms with Crippen molar-refractivity contribution in [3.63, 3.8) is 0 Å². The third-order valence-electron chi connectivity index (χ3n) is 3.89. The summed E-state index contributed by atoms with van der Waals surface area (Å²) in [5.41, 5.74) is 8.80. The fourth-order valence-electron chi connectivity index (χ4n) is 2.50. The Morgan fingerprint density at radius 1 is 1.15 bits per heavy atom. The molecule has 1 heterocycles. The van der Waals surface area contributed by atoms with Crippen LogP contribution in [0.2, 0.25) is 0 Å². The maximum Gasteiger partial charge on any atom is 0.227 e. The molecular weight excluding hydrogens is 329 g/mol. The summed E-state index contributed by atoms with van der Waals surface area (Å²) in [6, 6.07) is 15.7. The summed E-state index contributed by atoms with van der Waals surface area (Å²) in [5, 5.41) is 12.3. The predicted octanol–water partition coefficient (Wildman–Crippen LogP) is 4.09. The van der Waals surface area contributed by atoms with E-state index in [-0.39, 0.29) is 11.8 Å². The highest BCUT2D eigenvalue weighted by molar-refractivity contribution is 5.68. The van der Waals surface area contributed by atoms with Gasteiger partial charge in [-0.2, -0.15) is 5.26 Å². The van der Waals surface area contributed by atoms with E-state index in [9.17, 15) is 9.65 Å². The Hall–Kier alpha value is -3.30. The van der Waals surface area contributed by atoms with Gasteiger partial charge in [-0.15, -0.1) is 0 Å². The van der Waals surface area contributed by atoms with Crippen molar-refractivity contribution in [1.82, 2.24) is 9.97 Å². The Morgan fingerprint density at radius 2 is 1.88 bits per heavy atom. The standard InChI is InChI=1S/C20H18FN5/c1-20(2,23)15-8-6-13(7-9-15)18-14(11-22)12-24-19(26-18)25-17-5-3-4-16(21)10-17/h3-10,12H,23H2,1-2H3,(H,24,25,26). The molecule has 3 rings (SSSR count). The van der Waals surface area contributed by atoms with Crippen LogP contribution < -0.4 is 11.1 Å². The van der Waals surface area contributed by atoms with E-state index in [1.165, 1.54) is 18.3 Å². The molecule has 0 radical (unpaired) electrons. The van der Waals surface area contributed by atoms with Crippen molar-refractivity contribution in [2.45, 2.75) is 19.4 Å². The summed E-state index contributed by atoms with van der Waals surface area (Å²) >= 11 is 0. The van der Waals surface area contributed by atoms with Crippen LogP contribution in [0.4, 0.5) is 16.0 Å². The van der Waals surface area contributed by atoms with E-state index in [1.54, 1.807) is 12.1 Å². The number of hydrogen-bond acceptors (Lipinski definition) is 5. The lowest BCUT2D eigenvalue weighted by molar-refractivity contribution is 0.554. The highest BCUT2D eigenvalue weighted by Crippen LogP contribution is 2.26. The average Bonchev–Trinajstić information content (AvgIpc) is 2.61. The number of halogens is 1. The fourth-order valence-corrected chi connectivity index (χ4v) is 2.50. The molecule has 0 atom stereocenters. The van der Waals surface area contributed by atoms with E-state index in [1.807, 2.05) is 38.1 Å². The van der Waals surface area contributed by atoms with Crippen LogP contribution in [0.25, 0.3) is 11.3 Å². The van der Waals surface area contributed by atoms with Gasteiger partial charge in [0.15, 0.2) is 0 Å². The second kappa shape index (κ2) is 6.90. The van der Waals surface area contributed by atoms with Crippen molar-refractivity contribution in [1.29, 1.82) is 5.26 Å². The van der Waals surface area contributed by atoms with Gasteiger partial charge in [0.05, 0.1) is 17.5 Å². The molecule has 0 saturated carbocycles. The van der Waals surface area contributed by atoms with Gasteiger partial charge in [0, 0.05) is 16.8 Å². The minimum Gasteiger partial charge on any atom is -0.324 e. The third kappa shape index (κ3) is 3.85. The van der Waals surface area contributed by atoms with Gasteiger partial charge in [0.25, 0.3) is 0 Å². The predicted molar refractivity (Wildman–Crippen MR) is 99.1 cm³/mol. The maximum absolute atomic E-state index is 13.3. The lowest BCUT2D eigenvalue weighted by Gasteiger charge is -2.19. The van der Waals surface area contributed by atoms with E-state index >= 15 is 0 Å². The van der Waals surface area contributed by atoms with E-state index < -0.39 is 5.54 Å². The SMILES string of the molecule is CC(C)(N)c1ccc(-c2nc(Nc3cccc(F)c3)ncc2C#N)cc1. The number of nitriles is 1. The quantitative estimate of drug-likeness (QED) is 0.742. The fraction of sp³-hybridized carbons (Fsp3) is 0.150. The topological polar surface area (TPSA) is 87.6 Å². The number of anilines is 2. The molecule has 0 unspecified atom stereocenters. The number of nitrogens with two attached hydrogens (primary N) is 1. The number of nitrogens with one attached hydrogen (secondary N) is 1. The summed E-state index contributed by atoms with van der Waals surface area (Å²) in [6.07, 6.45) is 1.45. The molecule has 3 N–H and O–H groups in total.